The summed E-state index contributed by atoms with van der Waals surface area (Å²) in [6, 6.07) is 10.2. The van der Waals surface area contributed by atoms with Gasteiger partial charge in [-0.3, -0.25) is 9.79 Å². The van der Waals surface area contributed by atoms with Crippen LogP contribution in [0.25, 0.3) is 0 Å². The van der Waals surface area contributed by atoms with E-state index in [0.717, 1.165) is 26.8 Å². The van der Waals surface area contributed by atoms with Crippen LogP contribution >= 0.6 is 27.7 Å². The summed E-state index contributed by atoms with van der Waals surface area (Å²) >= 11 is 5.33. The van der Waals surface area contributed by atoms with Gasteiger partial charge in [0.05, 0.1) is 13.1 Å². The number of carbonyl (C=O) groups excluding carboxylic acids is 1. The summed E-state index contributed by atoms with van der Waals surface area (Å²) in [6.07, 6.45) is 3.10. The molecule has 0 radical (unpaired) electrons. The van der Waals surface area contributed by atoms with Crippen molar-refractivity contribution in [2.75, 3.05) is 12.4 Å². The van der Waals surface area contributed by atoms with Gasteiger partial charge in [0, 0.05) is 29.7 Å². The quantitative estimate of drug-likeness (QED) is 0.349. The molecule has 0 unspecified atom stereocenters. The van der Waals surface area contributed by atoms with Gasteiger partial charge in [0.25, 0.3) is 0 Å². The number of amides is 1. The molecule has 1 aromatic rings. The molecule has 0 aromatic heterocycles. The molecule has 3 nitrogen and oxygen atoms in total. The zero-order valence-electron chi connectivity index (χ0n) is 15.4. The van der Waals surface area contributed by atoms with Crippen molar-refractivity contribution in [2.45, 2.75) is 52.4 Å². The molecule has 1 rings (SSSR count). The molecule has 134 valence electrons. The number of rotatable bonds is 8. The molecule has 0 aliphatic heterocycles. The Morgan fingerprint density at radius 1 is 1.25 bits per heavy atom. The topological polar surface area (TPSA) is 41.5 Å². The minimum Gasteiger partial charge on any atom is -0.352 e. The SMILES string of the molecule is CC[Si](CC)(CC)CN=C(SC)c1ccc(CNC(C)=O)c(Br)c1. The predicted octanol–water partition coefficient (Wildman–Crippen LogP) is 5.24. The van der Waals surface area contributed by atoms with Crippen molar-refractivity contribution in [3.63, 3.8) is 0 Å². The van der Waals surface area contributed by atoms with Gasteiger partial charge in [-0.05, 0) is 17.9 Å². The summed E-state index contributed by atoms with van der Waals surface area (Å²) in [5.41, 5.74) is 2.22. The summed E-state index contributed by atoms with van der Waals surface area (Å²) in [7, 11) is -1.24. The second-order valence-corrected chi connectivity index (χ2v) is 13.2. The zero-order valence-corrected chi connectivity index (χ0v) is 18.8. The first-order valence-corrected chi connectivity index (χ1v) is 13.4. The fourth-order valence-electron chi connectivity index (χ4n) is 2.64. The Bertz CT molecular complexity index is 580. The monoisotopic (exact) mass is 428 g/mol. The number of aliphatic imine (C=N–C) groups is 1. The van der Waals surface area contributed by atoms with E-state index >= 15 is 0 Å². The van der Waals surface area contributed by atoms with Crippen molar-refractivity contribution in [1.29, 1.82) is 0 Å². The van der Waals surface area contributed by atoms with Crippen LogP contribution in [0.4, 0.5) is 0 Å². The molecule has 0 atom stereocenters. The van der Waals surface area contributed by atoms with Gasteiger partial charge in [0.15, 0.2) is 0 Å². The normalized spacial score (nSPS) is 12.3. The smallest absolute Gasteiger partial charge is 0.217 e. The Kier molecular flexibility index (Phi) is 9.30. The number of hydrogen-bond donors (Lipinski definition) is 1. The average molecular weight is 430 g/mol. The van der Waals surface area contributed by atoms with Gasteiger partial charge in [-0.25, -0.2) is 0 Å². The molecule has 24 heavy (non-hydrogen) atoms. The highest BCUT2D eigenvalue weighted by atomic mass is 79.9. The van der Waals surface area contributed by atoms with Crippen LogP contribution in [0.15, 0.2) is 27.7 Å². The number of hydrogen-bond acceptors (Lipinski definition) is 3. The van der Waals surface area contributed by atoms with E-state index in [4.69, 9.17) is 4.99 Å². The third-order valence-electron chi connectivity index (χ3n) is 4.83. The number of nitrogens with one attached hydrogen (secondary N) is 1. The van der Waals surface area contributed by atoms with Crippen LogP contribution in [0.5, 0.6) is 0 Å². The lowest BCUT2D eigenvalue weighted by molar-refractivity contribution is -0.119. The zero-order chi connectivity index (χ0) is 18.2. The number of carbonyl (C=O) groups is 1. The number of thioether (sulfide) groups is 1. The lowest BCUT2D eigenvalue weighted by atomic mass is 10.1. The minimum absolute atomic E-state index is 0.0164. The second kappa shape index (κ2) is 10.4. The Hall–Kier alpha value is -0.593. The van der Waals surface area contributed by atoms with Crippen LogP contribution in [-0.2, 0) is 11.3 Å². The van der Waals surface area contributed by atoms with Crippen molar-refractivity contribution < 1.29 is 4.79 Å². The summed E-state index contributed by atoms with van der Waals surface area (Å²) in [5.74, 6) is -0.0164. The van der Waals surface area contributed by atoms with Gasteiger partial charge in [0.1, 0.15) is 0 Å². The van der Waals surface area contributed by atoms with Crippen molar-refractivity contribution in [3.8, 4) is 0 Å². The van der Waals surface area contributed by atoms with E-state index in [1.54, 1.807) is 11.8 Å². The predicted molar refractivity (Wildman–Crippen MR) is 114 cm³/mol. The fourth-order valence-corrected chi connectivity index (χ4v) is 6.50. The van der Waals surface area contributed by atoms with Crippen molar-refractivity contribution in [3.05, 3.63) is 33.8 Å². The van der Waals surface area contributed by atoms with Gasteiger partial charge in [-0.15, -0.1) is 11.8 Å². The van der Waals surface area contributed by atoms with Gasteiger partial charge in [-0.1, -0.05) is 67.0 Å². The summed E-state index contributed by atoms with van der Waals surface area (Å²) < 4.78 is 1.01. The molecular formula is C18H29BrN2OSSi. The Morgan fingerprint density at radius 3 is 2.33 bits per heavy atom. The van der Waals surface area contributed by atoms with E-state index < -0.39 is 8.07 Å². The van der Waals surface area contributed by atoms with Gasteiger partial charge in [0.2, 0.25) is 5.91 Å². The van der Waals surface area contributed by atoms with Crippen LogP contribution in [0.3, 0.4) is 0 Å². The largest absolute Gasteiger partial charge is 0.352 e. The highest BCUT2D eigenvalue weighted by Gasteiger charge is 2.26. The van der Waals surface area contributed by atoms with E-state index in [0.29, 0.717) is 6.54 Å². The fraction of sp³-hybridized carbons (Fsp3) is 0.556. The van der Waals surface area contributed by atoms with E-state index in [-0.39, 0.29) is 5.91 Å². The Balaban J connectivity index is 2.97. The average Bonchev–Trinajstić information content (AvgIpc) is 2.58. The third kappa shape index (κ3) is 6.04. The van der Waals surface area contributed by atoms with Crippen LogP contribution in [0.1, 0.15) is 38.8 Å². The standard InChI is InChI=1S/C18H29BrN2OSSi/c1-6-24(7-2,8-3)13-21-18(23-5)15-9-10-16(17(19)11-15)12-20-14(4)22/h9-11H,6-8,12-13H2,1-5H3,(H,20,22). The maximum Gasteiger partial charge on any atom is 0.217 e. The van der Waals surface area contributed by atoms with E-state index in [2.05, 4.69) is 66.5 Å². The van der Waals surface area contributed by atoms with Gasteiger partial charge >= 0.3 is 0 Å². The molecule has 0 saturated carbocycles. The van der Waals surface area contributed by atoms with Gasteiger partial charge < -0.3 is 5.32 Å². The number of nitrogens with zero attached hydrogens (tertiary/aromatic N) is 1. The van der Waals surface area contributed by atoms with Gasteiger partial charge in [-0.2, -0.15) is 0 Å². The molecule has 0 aliphatic rings. The molecule has 0 bridgehead atoms. The molecule has 1 aromatic carbocycles. The van der Waals surface area contributed by atoms with Crippen molar-refractivity contribution in [2.24, 2.45) is 4.99 Å². The number of benzene rings is 1. The first kappa shape index (κ1) is 21.4. The van der Waals surface area contributed by atoms with Crippen molar-refractivity contribution >= 4 is 46.7 Å². The van der Waals surface area contributed by atoms with Crippen LogP contribution in [0.2, 0.25) is 18.1 Å². The van der Waals surface area contributed by atoms with Crippen LogP contribution in [-0.4, -0.2) is 31.4 Å². The molecule has 0 aliphatic carbocycles. The minimum atomic E-state index is -1.24. The molecule has 1 amide bonds. The maximum atomic E-state index is 11.1. The molecular weight excluding hydrogens is 400 g/mol. The highest BCUT2D eigenvalue weighted by molar-refractivity contribution is 9.10. The molecule has 0 spiro atoms. The lowest BCUT2D eigenvalue weighted by Gasteiger charge is -2.26. The Labute approximate surface area is 160 Å². The molecule has 0 saturated heterocycles. The van der Waals surface area contributed by atoms with Crippen LogP contribution < -0.4 is 5.32 Å². The highest BCUT2D eigenvalue weighted by Crippen LogP contribution is 2.24. The molecule has 6 heteroatoms. The first-order chi connectivity index (χ1) is 11.4. The third-order valence-corrected chi connectivity index (χ3v) is 11.6. The van der Waals surface area contributed by atoms with E-state index in [9.17, 15) is 4.79 Å². The summed E-state index contributed by atoms with van der Waals surface area (Å²) in [4.78, 5) is 16.1. The second-order valence-electron chi connectivity index (χ2n) is 6.10. The molecule has 1 N–H and O–H groups in total. The first-order valence-electron chi connectivity index (χ1n) is 8.53. The molecule has 0 fully saturated rings. The van der Waals surface area contributed by atoms with Crippen LogP contribution in [0, 0.1) is 0 Å². The summed E-state index contributed by atoms with van der Waals surface area (Å²) in [5, 5.41) is 3.94. The van der Waals surface area contributed by atoms with E-state index in [1.807, 2.05) is 0 Å². The van der Waals surface area contributed by atoms with Crippen molar-refractivity contribution in [1.82, 2.24) is 5.32 Å². The number of halogens is 1. The lowest BCUT2D eigenvalue weighted by Crippen LogP contribution is -2.36. The Morgan fingerprint density at radius 2 is 1.88 bits per heavy atom. The maximum absolute atomic E-state index is 11.1. The van der Waals surface area contributed by atoms with E-state index in [1.165, 1.54) is 25.1 Å². The summed E-state index contributed by atoms with van der Waals surface area (Å²) in [6.45, 7) is 9.04. The molecule has 0 heterocycles.